The van der Waals surface area contributed by atoms with Crippen LogP contribution in [0.15, 0.2) is 46.5 Å². The lowest BCUT2D eigenvalue weighted by Crippen LogP contribution is -2.56. The van der Waals surface area contributed by atoms with Gasteiger partial charge in [-0.05, 0) is 60.0 Å². The average Bonchev–Trinajstić information content (AvgIpc) is 3.10. The fraction of sp³-hybridized carbons (Fsp3) is 0.583. The second-order valence-electron chi connectivity index (χ2n) is 9.67. The molecule has 30 heavy (non-hydrogen) atoms. The first-order chi connectivity index (χ1) is 14.2. The topological polar surface area (TPSA) is 108 Å². The maximum atomic E-state index is 12.1. The standard InChI is InChI=1S/C24H33N3O3/c1-14-9-16(10-15-7-5-4-6-8-15)17-11-18-20(21(29)30)19(28)12-24(14,18)23(17,2)13-27-22(25)26-3/h4-8,14,16-17,19,28H,9-13H2,1-3H3,(H,29,30)(H3,25,26,27)/t14-,16-,17+,19+,23-,24+/m1/s1. The van der Waals surface area contributed by atoms with Gasteiger partial charge in [0, 0.05) is 19.0 Å². The molecule has 0 unspecified atom stereocenters. The molecule has 4 rings (SSSR count). The number of rotatable bonds is 5. The largest absolute Gasteiger partial charge is 0.478 e. The number of hydrogen-bond donors (Lipinski definition) is 4. The Balaban J connectivity index is 1.79. The van der Waals surface area contributed by atoms with Gasteiger partial charge in [-0.3, -0.25) is 4.99 Å². The zero-order chi connectivity index (χ0) is 21.7. The summed E-state index contributed by atoms with van der Waals surface area (Å²) in [5.74, 6) is 0.469. The number of aliphatic hydroxyl groups excluding tert-OH is 1. The van der Waals surface area contributed by atoms with Crippen LogP contribution >= 0.6 is 0 Å². The van der Waals surface area contributed by atoms with Crippen LogP contribution in [0.1, 0.15) is 38.7 Å². The van der Waals surface area contributed by atoms with Gasteiger partial charge >= 0.3 is 5.97 Å². The summed E-state index contributed by atoms with van der Waals surface area (Å²) in [5, 5.41) is 23.9. The number of nitrogens with two attached hydrogens (primary N) is 1. The van der Waals surface area contributed by atoms with Gasteiger partial charge in [-0.1, -0.05) is 44.2 Å². The second-order valence-corrected chi connectivity index (χ2v) is 9.67. The molecule has 2 fully saturated rings. The molecule has 5 N–H and O–H groups in total. The molecule has 6 atom stereocenters. The fourth-order valence-electron chi connectivity index (χ4n) is 7.24. The number of carboxylic acids is 1. The predicted molar refractivity (Wildman–Crippen MR) is 117 cm³/mol. The van der Waals surface area contributed by atoms with Gasteiger partial charge < -0.3 is 21.3 Å². The summed E-state index contributed by atoms with van der Waals surface area (Å²) in [5.41, 5.74) is 7.98. The first-order valence-corrected chi connectivity index (χ1v) is 10.9. The lowest BCUT2D eigenvalue weighted by atomic mass is 9.49. The molecule has 3 aliphatic rings. The van der Waals surface area contributed by atoms with Crippen LogP contribution in [-0.2, 0) is 11.2 Å². The van der Waals surface area contributed by atoms with E-state index in [1.165, 1.54) is 5.56 Å². The highest BCUT2D eigenvalue weighted by Gasteiger charge is 2.70. The van der Waals surface area contributed by atoms with E-state index in [2.05, 4.69) is 48.4 Å². The highest BCUT2D eigenvalue weighted by Crippen LogP contribution is 2.74. The minimum absolute atomic E-state index is 0.215. The first-order valence-electron chi connectivity index (χ1n) is 10.9. The Morgan fingerprint density at radius 2 is 2.03 bits per heavy atom. The van der Waals surface area contributed by atoms with Crippen molar-refractivity contribution < 1.29 is 15.0 Å². The van der Waals surface area contributed by atoms with Gasteiger partial charge in [-0.25, -0.2) is 4.79 Å². The Hall–Kier alpha value is -2.34. The molecule has 6 nitrogen and oxygen atoms in total. The van der Waals surface area contributed by atoms with Crippen molar-refractivity contribution in [3.8, 4) is 0 Å². The Labute approximate surface area is 178 Å². The molecule has 2 saturated carbocycles. The molecule has 0 aromatic heterocycles. The molecular weight excluding hydrogens is 378 g/mol. The number of fused-ring (bicyclic) bond motifs is 1. The molecule has 2 bridgehead atoms. The van der Waals surface area contributed by atoms with Crippen LogP contribution in [0.2, 0.25) is 0 Å². The third kappa shape index (κ3) is 2.88. The molecule has 0 heterocycles. The number of aliphatic carboxylic acids is 1. The summed E-state index contributed by atoms with van der Waals surface area (Å²) in [7, 11) is 1.66. The van der Waals surface area contributed by atoms with Gasteiger partial charge in [0.15, 0.2) is 5.96 Å². The highest BCUT2D eigenvalue weighted by molar-refractivity contribution is 5.90. The SMILES string of the molecule is CN=C(N)NC[C@]1(C)[C@H]2CC3=C(C(=O)O)[C@@H](O)C[C@]31[C@H](C)C[C@@H]2Cc1ccccc1. The van der Waals surface area contributed by atoms with E-state index in [9.17, 15) is 15.0 Å². The van der Waals surface area contributed by atoms with Crippen molar-refractivity contribution in [3.63, 3.8) is 0 Å². The molecule has 1 spiro atoms. The average molecular weight is 412 g/mol. The molecule has 162 valence electrons. The number of guanidine groups is 1. The molecule has 0 amide bonds. The summed E-state index contributed by atoms with van der Waals surface area (Å²) in [6.45, 7) is 5.14. The van der Waals surface area contributed by atoms with Crippen molar-refractivity contribution in [1.82, 2.24) is 5.32 Å². The van der Waals surface area contributed by atoms with E-state index >= 15 is 0 Å². The number of hydrogen-bond acceptors (Lipinski definition) is 3. The van der Waals surface area contributed by atoms with Crippen molar-refractivity contribution in [2.75, 3.05) is 13.6 Å². The van der Waals surface area contributed by atoms with Gasteiger partial charge in [-0.2, -0.15) is 0 Å². The molecule has 6 heteroatoms. The van der Waals surface area contributed by atoms with Gasteiger partial charge in [0.05, 0.1) is 11.7 Å². The van der Waals surface area contributed by atoms with Crippen molar-refractivity contribution in [2.24, 2.45) is 39.3 Å². The third-order valence-corrected chi connectivity index (χ3v) is 8.49. The van der Waals surface area contributed by atoms with Gasteiger partial charge in [0.2, 0.25) is 0 Å². The number of aliphatic hydroxyl groups is 1. The van der Waals surface area contributed by atoms with E-state index in [0.717, 1.165) is 24.8 Å². The fourth-order valence-corrected chi connectivity index (χ4v) is 7.24. The van der Waals surface area contributed by atoms with Crippen LogP contribution in [0.3, 0.4) is 0 Å². The zero-order valence-corrected chi connectivity index (χ0v) is 18.1. The van der Waals surface area contributed by atoms with E-state index in [1.54, 1.807) is 7.05 Å². The molecular formula is C24H33N3O3. The minimum Gasteiger partial charge on any atom is -0.478 e. The maximum Gasteiger partial charge on any atom is 0.334 e. The van der Waals surface area contributed by atoms with Gasteiger partial charge in [0.1, 0.15) is 0 Å². The summed E-state index contributed by atoms with van der Waals surface area (Å²) < 4.78 is 0. The Morgan fingerprint density at radius 3 is 2.67 bits per heavy atom. The number of carbonyl (C=O) groups is 1. The van der Waals surface area contributed by atoms with Crippen molar-refractivity contribution >= 4 is 11.9 Å². The molecule has 3 aliphatic carbocycles. The predicted octanol–water partition coefficient (Wildman–Crippen LogP) is 2.58. The van der Waals surface area contributed by atoms with Crippen molar-refractivity contribution in [3.05, 3.63) is 47.0 Å². The summed E-state index contributed by atoms with van der Waals surface area (Å²) in [6.07, 6.45) is 2.35. The Morgan fingerprint density at radius 1 is 1.33 bits per heavy atom. The zero-order valence-electron chi connectivity index (χ0n) is 18.1. The van der Waals surface area contributed by atoms with Crippen LogP contribution in [0.5, 0.6) is 0 Å². The third-order valence-electron chi connectivity index (χ3n) is 8.49. The number of benzene rings is 1. The monoisotopic (exact) mass is 411 g/mol. The summed E-state index contributed by atoms with van der Waals surface area (Å²) in [6, 6.07) is 10.5. The van der Waals surface area contributed by atoms with E-state index in [-0.39, 0.29) is 22.3 Å². The number of nitrogens with one attached hydrogen (secondary N) is 1. The molecule has 0 aliphatic heterocycles. The van der Waals surface area contributed by atoms with Crippen LogP contribution < -0.4 is 11.1 Å². The minimum atomic E-state index is -0.973. The van der Waals surface area contributed by atoms with Crippen molar-refractivity contribution in [2.45, 2.75) is 45.6 Å². The number of nitrogens with zero attached hydrogens (tertiary/aromatic N) is 1. The van der Waals surface area contributed by atoms with E-state index in [4.69, 9.17) is 5.73 Å². The normalized spacial score (nSPS) is 37.9. The smallest absolute Gasteiger partial charge is 0.334 e. The van der Waals surface area contributed by atoms with Crippen LogP contribution in [0, 0.1) is 28.6 Å². The van der Waals surface area contributed by atoms with E-state index in [0.29, 0.717) is 30.8 Å². The Kier molecular flexibility index (Phi) is 5.17. The molecule has 0 saturated heterocycles. The van der Waals surface area contributed by atoms with E-state index in [1.807, 2.05) is 6.07 Å². The lowest BCUT2D eigenvalue weighted by molar-refractivity contribution is -0.133. The van der Waals surface area contributed by atoms with Crippen LogP contribution in [0.25, 0.3) is 0 Å². The van der Waals surface area contributed by atoms with Crippen LogP contribution in [-0.4, -0.2) is 41.8 Å². The first kappa shape index (κ1) is 20.9. The van der Waals surface area contributed by atoms with Crippen molar-refractivity contribution in [1.29, 1.82) is 0 Å². The second kappa shape index (κ2) is 7.41. The van der Waals surface area contributed by atoms with Crippen LogP contribution in [0.4, 0.5) is 0 Å². The van der Waals surface area contributed by atoms with Gasteiger partial charge in [-0.15, -0.1) is 0 Å². The van der Waals surface area contributed by atoms with E-state index < -0.39 is 12.1 Å². The lowest BCUT2D eigenvalue weighted by Gasteiger charge is -2.56. The Bertz CT molecular complexity index is 896. The quantitative estimate of drug-likeness (QED) is 0.440. The highest BCUT2D eigenvalue weighted by atomic mass is 16.4. The number of allylic oxidation sites excluding steroid dienone is 1. The maximum absolute atomic E-state index is 12.1. The molecule has 0 radical (unpaired) electrons. The summed E-state index contributed by atoms with van der Waals surface area (Å²) >= 11 is 0. The molecule has 1 aromatic carbocycles. The number of carboxylic acid groups (broad SMARTS) is 1. The number of aliphatic imine (C=N–C) groups is 1. The van der Waals surface area contributed by atoms with Gasteiger partial charge in [0.25, 0.3) is 0 Å². The molecule has 1 aromatic rings. The summed E-state index contributed by atoms with van der Waals surface area (Å²) in [4.78, 5) is 16.1.